The lowest BCUT2D eigenvalue weighted by Gasteiger charge is -2.35. The highest BCUT2D eigenvalue weighted by molar-refractivity contribution is 7.96. The molecule has 0 aliphatic carbocycles. The molecule has 5 nitrogen and oxygen atoms in total. The summed E-state index contributed by atoms with van der Waals surface area (Å²) in [6.45, 7) is 0. The Bertz CT molecular complexity index is 1100. The number of carbonyl (C=O) groups excluding carboxylic acids is 1. The normalized spacial score (nSPS) is 12.6. The van der Waals surface area contributed by atoms with Crippen LogP contribution in [-0.4, -0.2) is 21.2 Å². The van der Waals surface area contributed by atoms with Gasteiger partial charge in [0.15, 0.2) is 10.7 Å². The summed E-state index contributed by atoms with van der Waals surface area (Å²) in [7, 11) is 0. The van der Waals surface area contributed by atoms with Crippen LogP contribution >= 0.6 is 12.6 Å². The van der Waals surface area contributed by atoms with Crippen molar-refractivity contribution in [2.45, 2.75) is 11.3 Å². The molecule has 1 atom stereocenters. The van der Waals surface area contributed by atoms with Gasteiger partial charge in [-0.2, -0.15) is 0 Å². The number of fused-ring (bicyclic) bond motifs is 1. The average molecular weight is 403 g/mol. The molecule has 6 heteroatoms. The lowest BCUT2D eigenvalue weighted by atomic mass is 9.66. The zero-order valence-electron chi connectivity index (χ0n) is 15.2. The molecule has 3 aromatic carbocycles. The number of carbonyl (C=O) groups is 2. The minimum atomic E-state index is -1.76. The molecule has 144 valence electrons. The Morgan fingerprint density at radius 1 is 0.862 bits per heavy atom. The third kappa shape index (κ3) is 3.11. The quantitative estimate of drug-likeness (QED) is 0.465. The molecule has 0 aliphatic heterocycles. The number of aromatic nitrogens is 1. The predicted molar refractivity (Wildman–Crippen MR) is 112 cm³/mol. The largest absolute Gasteiger partial charge is 0.480 e. The summed E-state index contributed by atoms with van der Waals surface area (Å²) in [5.41, 5.74) is 0.133. The van der Waals surface area contributed by atoms with E-state index in [0.29, 0.717) is 22.2 Å². The van der Waals surface area contributed by atoms with E-state index in [0.717, 1.165) is 0 Å². The van der Waals surface area contributed by atoms with Crippen molar-refractivity contribution in [2.75, 3.05) is 0 Å². The van der Waals surface area contributed by atoms with Gasteiger partial charge >= 0.3 is 5.97 Å². The van der Waals surface area contributed by atoms with Gasteiger partial charge in [-0.1, -0.05) is 72.8 Å². The number of para-hydroxylation sites is 2. The Labute approximate surface area is 172 Å². The van der Waals surface area contributed by atoms with Crippen molar-refractivity contribution < 1.29 is 19.1 Å². The number of benzene rings is 3. The number of hydrogen-bond donors (Lipinski definition) is 2. The lowest BCUT2D eigenvalue weighted by Crippen LogP contribution is -2.45. The van der Waals surface area contributed by atoms with Crippen molar-refractivity contribution in [3.05, 3.63) is 102 Å². The summed E-state index contributed by atoms with van der Waals surface area (Å²) >= 11 is 4.07. The lowest BCUT2D eigenvalue weighted by molar-refractivity contribution is -0.144. The Balaban J connectivity index is 2.07. The summed E-state index contributed by atoms with van der Waals surface area (Å²) in [4.78, 5) is 30.2. The predicted octanol–water partition coefficient (Wildman–Crippen LogP) is 4.44. The maximum Gasteiger partial charge on any atom is 0.319 e. The van der Waals surface area contributed by atoms with E-state index in [4.69, 9.17) is 4.42 Å². The summed E-state index contributed by atoms with van der Waals surface area (Å²) in [6.07, 6.45) is 0. The van der Waals surface area contributed by atoms with Gasteiger partial charge in [-0.15, -0.1) is 12.6 Å². The van der Waals surface area contributed by atoms with E-state index in [1.807, 2.05) is 0 Å². The fourth-order valence-corrected chi connectivity index (χ4v) is 4.07. The fraction of sp³-hybridized carbons (Fsp3) is 0.0870. The number of hydrogen-bond acceptors (Lipinski definition) is 4. The molecule has 4 rings (SSSR count). The molecular formula is C23H17NO4S. The Hall–Kier alpha value is -3.38. The number of aliphatic carboxylic acids is 1. The first-order valence-corrected chi connectivity index (χ1v) is 9.42. The summed E-state index contributed by atoms with van der Waals surface area (Å²) in [5, 5.41) is 9.88. The first kappa shape index (κ1) is 19.0. The second-order valence-electron chi connectivity index (χ2n) is 6.64. The second kappa shape index (κ2) is 7.56. The highest BCUT2D eigenvalue weighted by atomic mass is 32.1. The molecule has 0 radical (unpaired) electrons. The van der Waals surface area contributed by atoms with E-state index in [9.17, 15) is 14.7 Å². The van der Waals surface area contributed by atoms with Gasteiger partial charge in [0, 0.05) is 0 Å². The van der Waals surface area contributed by atoms with Gasteiger partial charge in [0.1, 0.15) is 16.8 Å². The Morgan fingerprint density at radius 2 is 1.38 bits per heavy atom. The van der Waals surface area contributed by atoms with Crippen molar-refractivity contribution in [2.24, 2.45) is 0 Å². The van der Waals surface area contributed by atoms with Crippen LogP contribution in [0.1, 0.15) is 22.9 Å². The molecule has 4 aromatic rings. The molecule has 0 fully saturated rings. The summed E-state index contributed by atoms with van der Waals surface area (Å²) in [6, 6.07) is 24.3. The third-order valence-electron chi connectivity index (χ3n) is 5.03. The minimum Gasteiger partial charge on any atom is -0.480 e. The van der Waals surface area contributed by atoms with Crippen LogP contribution in [0.3, 0.4) is 0 Å². The Kier molecular flexibility index (Phi) is 4.94. The molecule has 0 spiro atoms. The Morgan fingerprint density at radius 3 is 1.86 bits per heavy atom. The van der Waals surface area contributed by atoms with Gasteiger partial charge in [0.25, 0.3) is 0 Å². The standard InChI is InChI=1S/C23H17NO4S/c25-21(29)19(20-24-17-13-7-8-14-18(17)28-20)23(22(26)27,15-9-3-1-4-10-15)16-11-5-2-6-12-16/h1-14,19H,(H,25,29)(H,26,27). The monoisotopic (exact) mass is 403 g/mol. The molecule has 1 N–H and O–H groups in total. The number of nitrogens with zero attached hydrogens (tertiary/aromatic N) is 1. The number of carboxylic acids is 1. The van der Waals surface area contributed by atoms with Crippen LogP contribution in [0, 0.1) is 0 Å². The molecule has 0 saturated carbocycles. The minimum absolute atomic E-state index is 0.0151. The van der Waals surface area contributed by atoms with Crippen molar-refractivity contribution in [1.82, 2.24) is 4.98 Å². The first-order chi connectivity index (χ1) is 14.0. The van der Waals surface area contributed by atoms with E-state index in [-0.39, 0.29) is 5.89 Å². The smallest absolute Gasteiger partial charge is 0.319 e. The summed E-state index contributed by atoms with van der Waals surface area (Å²) in [5.74, 6) is -2.45. The zero-order valence-corrected chi connectivity index (χ0v) is 16.1. The number of carboxylic acid groups (broad SMARTS) is 1. The number of thiol groups is 1. The molecule has 1 aromatic heterocycles. The topological polar surface area (TPSA) is 80.4 Å². The molecule has 0 aliphatic rings. The number of rotatable bonds is 6. The maximum absolute atomic E-state index is 12.9. The van der Waals surface area contributed by atoms with Gasteiger partial charge in [0.2, 0.25) is 5.89 Å². The summed E-state index contributed by atoms with van der Waals surface area (Å²) < 4.78 is 5.85. The first-order valence-electron chi connectivity index (χ1n) is 8.98. The molecular weight excluding hydrogens is 386 g/mol. The average Bonchev–Trinajstić information content (AvgIpc) is 3.16. The van der Waals surface area contributed by atoms with Crippen molar-refractivity contribution in [1.29, 1.82) is 0 Å². The van der Waals surface area contributed by atoms with Crippen LogP contribution < -0.4 is 0 Å². The SMILES string of the molecule is O=C(S)C(c1nc2ccccc2o1)C(C(=O)O)(c1ccccc1)c1ccccc1. The van der Waals surface area contributed by atoms with E-state index >= 15 is 0 Å². The van der Waals surface area contributed by atoms with Crippen molar-refractivity contribution >= 4 is 34.8 Å². The third-order valence-corrected chi connectivity index (χ3v) is 5.29. The van der Waals surface area contributed by atoms with Crippen LogP contribution in [0.5, 0.6) is 0 Å². The second-order valence-corrected chi connectivity index (χ2v) is 7.08. The van der Waals surface area contributed by atoms with Crippen LogP contribution in [0.2, 0.25) is 0 Å². The molecule has 0 amide bonds. The van der Waals surface area contributed by atoms with Gasteiger partial charge in [-0.3, -0.25) is 9.59 Å². The van der Waals surface area contributed by atoms with Crippen LogP contribution in [0.25, 0.3) is 11.1 Å². The van der Waals surface area contributed by atoms with Crippen LogP contribution in [0.4, 0.5) is 0 Å². The zero-order chi connectivity index (χ0) is 20.4. The van der Waals surface area contributed by atoms with Gasteiger partial charge in [-0.25, -0.2) is 4.98 Å². The van der Waals surface area contributed by atoms with E-state index in [1.165, 1.54) is 0 Å². The molecule has 0 bridgehead atoms. The van der Waals surface area contributed by atoms with Gasteiger partial charge in [-0.05, 0) is 23.3 Å². The van der Waals surface area contributed by atoms with Gasteiger partial charge in [0.05, 0.1) is 0 Å². The molecule has 0 saturated heterocycles. The van der Waals surface area contributed by atoms with E-state index < -0.39 is 22.4 Å². The van der Waals surface area contributed by atoms with Crippen molar-refractivity contribution in [3.8, 4) is 0 Å². The highest BCUT2D eigenvalue weighted by Crippen LogP contribution is 2.46. The maximum atomic E-state index is 12.9. The number of oxazole rings is 1. The molecule has 29 heavy (non-hydrogen) atoms. The highest BCUT2D eigenvalue weighted by Gasteiger charge is 2.54. The van der Waals surface area contributed by atoms with Crippen molar-refractivity contribution in [3.63, 3.8) is 0 Å². The molecule has 1 unspecified atom stereocenters. The van der Waals surface area contributed by atoms with Crippen LogP contribution in [0.15, 0.2) is 89.3 Å². The van der Waals surface area contributed by atoms with E-state index in [1.54, 1.807) is 84.9 Å². The fourth-order valence-electron chi connectivity index (χ4n) is 3.76. The molecule has 1 heterocycles. The van der Waals surface area contributed by atoms with E-state index in [2.05, 4.69) is 17.6 Å². The van der Waals surface area contributed by atoms with Gasteiger partial charge < -0.3 is 9.52 Å². The van der Waals surface area contributed by atoms with Crippen LogP contribution in [-0.2, 0) is 15.0 Å².